The number of nitrogens with one attached hydrogen (secondary N) is 2. The van der Waals surface area contributed by atoms with Gasteiger partial charge in [0.2, 0.25) is 5.91 Å². The molecule has 0 atom stereocenters. The van der Waals surface area contributed by atoms with Gasteiger partial charge in [-0.25, -0.2) is 0 Å². The largest absolute Gasteiger partial charge is 0.495 e. The van der Waals surface area contributed by atoms with Gasteiger partial charge in [-0.3, -0.25) is 9.78 Å². The first kappa shape index (κ1) is 15.0. The molecule has 0 spiro atoms. The van der Waals surface area contributed by atoms with Gasteiger partial charge in [-0.1, -0.05) is 12.1 Å². The molecule has 0 fully saturated rings. The fourth-order valence-corrected chi connectivity index (χ4v) is 1.92. The van der Waals surface area contributed by atoms with Crippen molar-refractivity contribution >= 4 is 11.6 Å². The van der Waals surface area contributed by atoms with Crippen molar-refractivity contribution in [3.63, 3.8) is 0 Å². The SMILES string of the molecule is COc1ccc(C)cc1NC(=O)CNCc1ccccn1. The molecule has 0 aliphatic rings. The lowest BCUT2D eigenvalue weighted by molar-refractivity contribution is -0.115. The summed E-state index contributed by atoms with van der Waals surface area (Å²) in [6, 6.07) is 11.4. The lowest BCUT2D eigenvalue weighted by Crippen LogP contribution is -2.28. The van der Waals surface area contributed by atoms with Crippen LogP contribution in [-0.2, 0) is 11.3 Å². The summed E-state index contributed by atoms with van der Waals surface area (Å²) >= 11 is 0. The summed E-state index contributed by atoms with van der Waals surface area (Å²) < 4.78 is 5.23. The third-order valence-corrected chi connectivity index (χ3v) is 2.95. The smallest absolute Gasteiger partial charge is 0.238 e. The number of hydrogen-bond donors (Lipinski definition) is 2. The van der Waals surface area contributed by atoms with Crippen LogP contribution in [0.2, 0.25) is 0 Å². The highest BCUT2D eigenvalue weighted by Crippen LogP contribution is 2.24. The molecular weight excluding hydrogens is 266 g/mol. The number of anilines is 1. The van der Waals surface area contributed by atoms with Gasteiger partial charge in [0.25, 0.3) is 0 Å². The van der Waals surface area contributed by atoms with Crippen molar-refractivity contribution in [2.45, 2.75) is 13.5 Å². The number of aryl methyl sites for hydroxylation is 1. The minimum absolute atomic E-state index is 0.116. The van der Waals surface area contributed by atoms with Crippen LogP contribution < -0.4 is 15.4 Å². The summed E-state index contributed by atoms with van der Waals surface area (Å²) in [6.45, 7) is 2.74. The third-order valence-electron chi connectivity index (χ3n) is 2.95. The van der Waals surface area contributed by atoms with Gasteiger partial charge in [-0.2, -0.15) is 0 Å². The Morgan fingerprint density at radius 3 is 2.86 bits per heavy atom. The maximum absolute atomic E-state index is 11.9. The first-order chi connectivity index (χ1) is 10.2. The number of methoxy groups -OCH3 is 1. The first-order valence-electron chi connectivity index (χ1n) is 6.74. The first-order valence-corrected chi connectivity index (χ1v) is 6.74. The summed E-state index contributed by atoms with van der Waals surface area (Å²) in [4.78, 5) is 16.1. The molecule has 0 saturated carbocycles. The molecule has 0 radical (unpaired) electrons. The normalized spacial score (nSPS) is 10.2. The number of nitrogens with zero attached hydrogens (tertiary/aromatic N) is 1. The molecule has 2 aromatic rings. The number of hydrogen-bond acceptors (Lipinski definition) is 4. The van der Waals surface area contributed by atoms with Crippen LogP contribution in [0.25, 0.3) is 0 Å². The molecule has 21 heavy (non-hydrogen) atoms. The highest BCUT2D eigenvalue weighted by Gasteiger charge is 2.07. The standard InChI is InChI=1S/C16H19N3O2/c1-12-6-7-15(21-2)14(9-12)19-16(20)11-17-10-13-5-3-4-8-18-13/h3-9,17H,10-11H2,1-2H3,(H,19,20). The van der Waals surface area contributed by atoms with Gasteiger partial charge in [-0.15, -0.1) is 0 Å². The van der Waals surface area contributed by atoms with Gasteiger partial charge in [0, 0.05) is 12.7 Å². The molecule has 5 nitrogen and oxygen atoms in total. The second-order valence-corrected chi connectivity index (χ2v) is 4.68. The molecular formula is C16H19N3O2. The topological polar surface area (TPSA) is 63.2 Å². The van der Waals surface area contributed by atoms with Crippen LogP contribution in [0.15, 0.2) is 42.6 Å². The summed E-state index contributed by atoms with van der Waals surface area (Å²) in [7, 11) is 1.58. The highest BCUT2D eigenvalue weighted by atomic mass is 16.5. The average molecular weight is 285 g/mol. The van der Waals surface area contributed by atoms with E-state index in [0.717, 1.165) is 11.3 Å². The van der Waals surface area contributed by atoms with Gasteiger partial charge in [0.1, 0.15) is 5.75 Å². The van der Waals surface area contributed by atoms with Crippen molar-refractivity contribution in [1.29, 1.82) is 0 Å². The zero-order valence-corrected chi connectivity index (χ0v) is 12.2. The summed E-state index contributed by atoms with van der Waals surface area (Å²) in [6.07, 6.45) is 1.73. The Balaban J connectivity index is 1.86. The van der Waals surface area contributed by atoms with E-state index in [2.05, 4.69) is 15.6 Å². The van der Waals surface area contributed by atoms with Crippen molar-refractivity contribution < 1.29 is 9.53 Å². The van der Waals surface area contributed by atoms with Crippen LogP contribution in [-0.4, -0.2) is 24.5 Å². The van der Waals surface area contributed by atoms with E-state index in [1.54, 1.807) is 13.3 Å². The zero-order chi connectivity index (χ0) is 15.1. The van der Waals surface area contributed by atoms with Gasteiger partial charge < -0.3 is 15.4 Å². The Bertz CT molecular complexity index is 600. The van der Waals surface area contributed by atoms with E-state index in [1.807, 2.05) is 43.3 Å². The van der Waals surface area contributed by atoms with Crippen molar-refractivity contribution in [2.75, 3.05) is 19.0 Å². The van der Waals surface area contributed by atoms with Crippen LogP contribution in [0.3, 0.4) is 0 Å². The molecule has 2 N–H and O–H groups in total. The maximum Gasteiger partial charge on any atom is 0.238 e. The Labute approximate surface area is 124 Å². The molecule has 1 aromatic carbocycles. The van der Waals surface area contributed by atoms with Gasteiger partial charge >= 0.3 is 0 Å². The molecule has 110 valence electrons. The van der Waals surface area contributed by atoms with Crippen LogP contribution in [0, 0.1) is 6.92 Å². The Hall–Kier alpha value is -2.40. The zero-order valence-electron chi connectivity index (χ0n) is 12.2. The predicted molar refractivity (Wildman–Crippen MR) is 82.3 cm³/mol. The van der Waals surface area contributed by atoms with Crippen molar-refractivity contribution in [2.24, 2.45) is 0 Å². The van der Waals surface area contributed by atoms with E-state index in [1.165, 1.54) is 0 Å². The molecule has 1 heterocycles. The summed E-state index contributed by atoms with van der Waals surface area (Å²) in [5.74, 6) is 0.536. The number of carbonyl (C=O) groups is 1. The lowest BCUT2D eigenvalue weighted by atomic mass is 10.2. The van der Waals surface area contributed by atoms with Crippen LogP contribution in [0.4, 0.5) is 5.69 Å². The van der Waals surface area contributed by atoms with Crippen molar-refractivity contribution in [1.82, 2.24) is 10.3 Å². The number of carbonyl (C=O) groups excluding carboxylic acids is 1. The van der Waals surface area contributed by atoms with E-state index in [9.17, 15) is 4.79 Å². The predicted octanol–water partition coefficient (Wildman–Crippen LogP) is 2.13. The van der Waals surface area contributed by atoms with Crippen LogP contribution in [0.1, 0.15) is 11.3 Å². The van der Waals surface area contributed by atoms with Crippen molar-refractivity contribution in [3.05, 3.63) is 53.9 Å². The van der Waals surface area contributed by atoms with Crippen molar-refractivity contribution in [3.8, 4) is 5.75 Å². The molecule has 0 unspecified atom stereocenters. The fraction of sp³-hybridized carbons (Fsp3) is 0.250. The maximum atomic E-state index is 11.9. The Kier molecular flexibility index (Phi) is 5.29. The number of ether oxygens (including phenoxy) is 1. The number of pyridine rings is 1. The minimum Gasteiger partial charge on any atom is -0.495 e. The fourth-order valence-electron chi connectivity index (χ4n) is 1.92. The quantitative estimate of drug-likeness (QED) is 0.853. The number of amides is 1. The number of aromatic nitrogens is 1. The molecule has 1 amide bonds. The second kappa shape index (κ2) is 7.40. The Morgan fingerprint density at radius 2 is 2.14 bits per heavy atom. The second-order valence-electron chi connectivity index (χ2n) is 4.68. The molecule has 0 aliphatic heterocycles. The molecule has 0 bridgehead atoms. The van der Waals surface area contributed by atoms with E-state index in [-0.39, 0.29) is 12.5 Å². The van der Waals surface area contributed by atoms with Gasteiger partial charge in [0.05, 0.1) is 25.0 Å². The summed E-state index contributed by atoms with van der Waals surface area (Å²) in [5, 5.41) is 5.90. The van der Waals surface area contributed by atoms with Gasteiger partial charge in [0.15, 0.2) is 0 Å². The number of benzene rings is 1. The molecule has 0 aliphatic carbocycles. The van der Waals surface area contributed by atoms with Crippen LogP contribution in [0.5, 0.6) is 5.75 Å². The van der Waals surface area contributed by atoms with E-state index >= 15 is 0 Å². The monoisotopic (exact) mass is 285 g/mol. The van der Waals surface area contributed by atoms with E-state index in [0.29, 0.717) is 18.0 Å². The van der Waals surface area contributed by atoms with E-state index in [4.69, 9.17) is 4.74 Å². The average Bonchev–Trinajstić information content (AvgIpc) is 2.48. The molecule has 2 rings (SSSR count). The lowest BCUT2D eigenvalue weighted by Gasteiger charge is -2.11. The van der Waals surface area contributed by atoms with Gasteiger partial charge in [-0.05, 0) is 36.8 Å². The minimum atomic E-state index is -0.116. The Morgan fingerprint density at radius 1 is 1.29 bits per heavy atom. The molecule has 5 heteroatoms. The highest BCUT2D eigenvalue weighted by molar-refractivity contribution is 5.93. The van der Waals surface area contributed by atoms with E-state index < -0.39 is 0 Å². The third kappa shape index (κ3) is 4.57. The molecule has 1 aromatic heterocycles. The molecule has 0 saturated heterocycles. The summed E-state index contributed by atoms with van der Waals surface area (Å²) in [5.41, 5.74) is 2.65. The van der Waals surface area contributed by atoms with Crippen LogP contribution >= 0.6 is 0 Å². The number of rotatable bonds is 6.